The van der Waals surface area contributed by atoms with E-state index >= 15 is 0 Å². The Bertz CT molecular complexity index is 266. The fraction of sp³-hybridized carbons (Fsp3) is 0.333. The molecule has 0 aliphatic carbocycles. The molecule has 1 aromatic carbocycles. The number of halogens is 1. The molecule has 1 aromatic rings. The van der Waals surface area contributed by atoms with Gasteiger partial charge in [0, 0.05) is 10.2 Å². The van der Waals surface area contributed by atoms with Gasteiger partial charge in [-0.05, 0) is 53.4 Å². The van der Waals surface area contributed by atoms with E-state index in [4.69, 9.17) is 5.73 Å². The maximum absolute atomic E-state index is 5.80. The molecule has 0 saturated carbocycles. The van der Waals surface area contributed by atoms with Gasteiger partial charge in [0.2, 0.25) is 0 Å². The third kappa shape index (κ3) is 1.41. The molecule has 2 heteroatoms. The lowest BCUT2D eigenvalue weighted by molar-refractivity contribution is 1.28. The smallest absolute Gasteiger partial charge is 0.0491 e. The van der Waals surface area contributed by atoms with E-state index in [-0.39, 0.29) is 0 Å². The van der Waals surface area contributed by atoms with Gasteiger partial charge in [-0.3, -0.25) is 0 Å². The van der Waals surface area contributed by atoms with Gasteiger partial charge in [-0.2, -0.15) is 0 Å². The quantitative estimate of drug-likeness (QED) is 0.660. The van der Waals surface area contributed by atoms with Crippen molar-refractivity contribution in [2.45, 2.75) is 20.8 Å². The Hall–Kier alpha value is -0.500. The number of hydrogen-bond acceptors (Lipinski definition) is 1. The van der Waals surface area contributed by atoms with E-state index in [0.717, 1.165) is 15.7 Å². The number of rotatable bonds is 0. The summed E-state index contributed by atoms with van der Waals surface area (Å²) >= 11 is 3.46. The predicted octanol–water partition coefficient (Wildman–Crippen LogP) is 2.96. The van der Waals surface area contributed by atoms with E-state index in [0.29, 0.717) is 0 Å². The van der Waals surface area contributed by atoms with Crippen molar-refractivity contribution in [3.63, 3.8) is 0 Å². The highest BCUT2D eigenvalue weighted by Crippen LogP contribution is 2.28. The van der Waals surface area contributed by atoms with Crippen molar-refractivity contribution in [1.29, 1.82) is 0 Å². The number of hydrogen-bond donors (Lipinski definition) is 1. The van der Waals surface area contributed by atoms with Crippen molar-refractivity contribution in [2.24, 2.45) is 0 Å². The Morgan fingerprint density at radius 1 is 1.18 bits per heavy atom. The summed E-state index contributed by atoms with van der Waals surface area (Å²) in [5.74, 6) is 0. The molecule has 0 heterocycles. The first-order valence-corrected chi connectivity index (χ1v) is 4.35. The van der Waals surface area contributed by atoms with Crippen LogP contribution in [0.4, 0.5) is 5.69 Å². The molecular weight excluding hydrogens is 202 g/mol. The first-order valence-electron chi connectivity index (χ1n) is 3.56. The average molecular weight is 214 g/mol. The zero-order valence-corrected chi connectivity index (χ0v) is 8.62. The second-order valence-corrected chi connectivity index (χ2v) is 3.66. The lowest BCUT2D eigenvalue weighted by Crippen LogP contribution is -1.95. The van der Waals surface area contributed by atoms with Crippen LogP contribution in [0.3, 0.4) is 0 Å². The van der Waals surface area contributed by atoms with E-state index in [9.17, 15) is 0 Å². The summed E-state index contributed by atoms with van der Waals surface area (Å²) < 4.78 is 1.04. The van der Waals surface area contributed by atoms with Crippen LogP contribution in [-0.4, -0.2) is 0 Å². The second-order valence-electron chi connectivity index (χ2n) is 2.86. The van der Waals surface area contributed by atoms with Gasteiger partial charge in [0.25, 0.3) is 0 Å². The Balaban J connectivity index is 3.46. The van der Waals surface area contributed by atoms with Crippen molar-refractivity contribution in [2.75, 3.05) is 5.73 Å². The molecule has 0 amide bonds. The molecule has 0 aliphatic rings. The molecule has 1 nitrogen and oxygen atoms in total. The molecule has 0 aliphatic heterocycles. The molecule has 1 rings (SSSR count). The summed E-state index contributed by atoms with van der Waals surface area (Å²) in [6.07, 6.45) is 0. The van der Waals surface area contributed by atoms with Crippen molar-refractivity contribution in [3.8, 4) is 0 Å². The third-order valence-corrected chi connectivity index (χ3v) is 3.04. The normalized spacial score (nSPS) is 10.2. The number of nitrogen functional groups attached to an aromatic ring is 1. The number of nitrogens with two attached hydrogens (primary N) is 1. The molecule has 0 atom stereocenters. The molecule has 11 heavy (non-hydrogen) atoms. The van der Waals surface area contributed by atoms with E-state index in [1.165, 1.54) is 11.1 Å². The van der Waals surface area contributed by atoms with Crippen LogP contribution in [0.5, 0.6) is 0 Å². The standard InChI is InChI=1S/C9H12BrN/c1-5-4-6(2)9(11)8(10)7(5)3/h4H,11H2,1-3H3. The molecule has 60 valence electrons. The highest BCUT2D eigenvalue weighted by Gasteiger charge is 2.04. The lowest BCUT2D eigenvalue weighted by atomic mass is 10.1. The molecule has 2 N–H and O–H groups in total. The van der Waals surface area contributed by atoms with Gasteiger partial charge in [-0.25, -0.2) is 0 Å². The van der Waals surface area contributed by atoms with Crippen LogP contribution in [-0.2, 0) is 0 Å². The van der Waals surface area contributed by atoms with Gasteiger partial charge < -0.3 is 5.73 Å². The molecule has 0 saturated heterocycles. The highest BCUT2D eigenvalue weighted by atomic mass is 79.9. The van der Waals surface area contributed by atoms with Crippen molar-refractivity contribution in [3.05, 3.63) is 27.2 Å². The van der Waals surface area contributed by atoms with Crippen molar-refractivity contribution >= 4 is 21.6 Å². The van der Waals surface area contributed by atoms with Crippen LogP contribution in [0.2, 0.25) is 0 Å². The van der Waals surface area contributed by atoms with Gasteiger partial charge in [-0.15, -0.1) is 0 Å². The highest BCUT2D eigenvalue weighted by molar-refractivity contribution is 9.10. The monoisotopic (exact) mass is 213 g/mol. The second kappa shape index (κ2) is 2.86. The molecule has 0 bridgehead atoms. The van der Waals surface area contributed by atoms with Crippen LogP contribution in [0.25, 0.3) is 0 Å². The van der Waals surface area contributed by atoms with Gasteiger partial charge in [0.05, 0.1) is 0 Å². The van der Waals surface area contributed by atoms with Gasteiger partial charge >= 0.3 is 0 Å². The average Bonchev–Trinajstić information content (AvgIpc) is 1.97. The van der Waals surface area contributed by atoms with Gasteiger partial charge in [0.1, 0.15) is 0 Å². The molecule has 0 unspecified atom stereocenters. The summed E-state index contributed by atoms with van der Waals surface area (Å²) in [4.78, 5) is 0. The number of anilines is 1. The number of benzene rings is 1. The van der Waals surface area contributed by atoms with E-state index in [2.05, 4.69) is 35.8 Å². The summed E-state index contributed by atoms with van der Waals surface area (Å²) in [5.41, 5.74) is 10.3. The summed E-state index contributed by atoms with van der Waals surface area (Å²) in [6, 6.07) is 2.11. The Kier molecular flexibility index (Phi) is 2.23. The van der Waals surface area contributed by atoms with Crippen LogP contribution < -0.4 is 5.73 Å². The predicted molar refractivity (Wildman–Crippen MR) is 52.8 cm³/mol. The molecule has 0 radical (unpaired) electrons. The fourth-order valence-corrected chi connectivity index (χ4v) is 1.68. The van der Waals surface area contributed by atoms with E-state index in [1.54, 1.807) is 0 Å². The zero-order chi connectivity index (χ0) is 8.59. The van der Waals surface area contributed by atoms with Crippen LogP contribution in [0, 0.1) is 20.8 Å². The Labute approximate surface area is 75.7 Å². The minimum Gasteiger partial charge on any atom is -0.398 e. The Morgan fingerprint density at radius 2 is 1.73 bits per heavy atom. The van der Waals surface area contributed by atoms with E-state index in [1.807, 2.05) is 6.92 Å². The summed E-state index contributed by atoms with van der Waals surface area (Å²) in [5, 5.41) is 0. The largest absolute Gasteiger partial charge is 0.398 e. The zero-order valence-electron chi connectivity index (χ0n) is 7.03. The SMILES string of the molecule is Cc1cc(C)c(N)c(Br)c1C. The Morgan fingerprint density at radius 3 is 2.27 bits per heavy atom. The summed E-state index contributed by atoms with van der Waals surface area (Å²) in [6.45, 7) is 6.17. The van der Waals surface area contributed by atoms with Crippen molar-refractivity contribution in [1.82, 2.24) is 0 Å². The topological polar surface area (TPSA) is 26.0 Å². The van der Waals surface area contributed by atoms with Crippen LogP contribution in [0.15, 0.2) is 10.5 Å². The van der Waals surface area contributed by atoms with Crippen LogP contribution in [0.1, 0.15) is 16.7 Å². The maximum atomic E-state index is 5.80. The molecule has 0 fully saturated rings. The first-order chi connectivity index (χ1) is 5.04. The lowest BCUT2D eigenvalue weighted by Gasteiger charge is -2.08. The molecule has 0 aromatic heterocycles. The fourth-order valence-electron chi connectivity index (χ4n) is 1.06. The van der Waals surface area contributed by atoms with Gasteiger partial charge in [0.15, 0.2) is 0 Å². The first kappa shape index (κ1) is 8.60. The summed E-state index contributed by atoms with van der Waals surface area (Å²) in [7, 11) is 0. The van der Waals surface area contributed by atoms with E-state index < -0.39 is 0 Å². The number of aryl methyl sites for hydroxylation is 2. The molecule has 0 spiro atoms. The minimum atomic E-state index is 0.855. The van der Waals surface area contributed by atoms with Crippen LogP contribution >= 0.6 is 15.9 Å². The molecular formula is C9H12BrN. The van der Waals surface area contributed by atoms with Gasteiger partial charge in [-0.1, -0.05) is 6.07 Å². The minimum absolute atomic E-state index is 0.855. The van der Waals surface area contributed by atoms with Crippen molar-refractivity contribution < 1.29 is 0 Å². The maximum Gasteiger partial charge on any atom is 0.0491 e. The third-order valence-electron chi connectivity index (χ3n) is 2.02.